The van der Waals surface area contributed by atoms with Crippen molar-refractivity contribution in [3.63, 3.8) is 0 Å². The van der Waals surface area contributed by atoms with Crippen molar-refractivity contribution in [3.8, 4) is 5.75 Å². The molecule has 0 bridgehead atoms. The molecule has 3 aromatic rings. The summed E-state index contributed by atoms with van der Waals surface area (Å²) in [4.78, 5) is 22.2. The molecule has 2 N–H and O–H groups in total. The average molecular weight is 524 g/mol. The fourth-order valence-corrected chi connectivity index (χ4v) is 5.67. The van der Waals surface area contributed by atoms with Crippen molar-refractivity contribution in [2.24, 2.45) is 16.6 Å². The van der Waals surface area contributed by atoms with Crippen LogP contribution in [0.2, 0.25) is 5.02 Å². The van der Waals surface area contributed by atoms with E-state index in [2.05, 4.69) is 9.47 Å². The SMILES string of the molecule is CN1CCOc2cc(C(=O)N3CCCC(N)C3)cc(N=Cc3cc4ccc(F)c(Cl)c4n3CC3CC3)c21. The molecule has 1 atom stereocenters. The normalized spacial score (nSPS) is 19.9. The summed E-state index contributed by atoms with van der Waals surface area (Å²) < 4.78 is 22.4. The summed E-state index contributed by atoms with van der Waals surface area (Å²) in [5, 5.41) is 1.01. The molecule has 1 aromatic heterocycles. The second-order valence-corrected chi connectivity index (χ2v) is 10.8. The van der Waals surface area contributed by atoms with Crippen LogP contribution in [0.5, 0.6) is 5.75 Å². The number of halogens is 2. The number of nitrogens with zero attached hydrogens (tertiary/aromatic N) is 4. The zero-order valence-electron chi connectivity index (χ0n) is 20.9. The van der Waals surface area contributed by atoms with Gasteiger partial charge in [-0.1, -0.05) is 11.6 Å². The van der Waals surface area contributed by atoms with Crippen molar-refractivity contribution >= 4 is 46.0 Å². The summed E-state index contributed by atoms with van der Waals surface area (Å²) in [6.07, 6.45) is 5.93. The predicted octanol–water partition coefficient (Wildman–Crippen LogP) is 4.99. The minimum Gasteiger partial charge on any atom is -0.489 e. The van der Waals surface area contributed by atoms with Gasteiger partial charge in [0.2, 0.25) is 0 Å². The molecule has 3 heterocycles. The summed E-state index contributed by atoms with van der Waals surface area (Å²) in [6.45, 7) is 3.28. The largest absolute Gasteiger partial charge is 0.489 e. The van der Waals surface area contributed by atoms with Gasteiger partial charge in [-0.3, -0.25) is 9.79 Å². The number of carbonyl (C=O) groups is 1. The molecule has 7 nitrogen and oxygen atoms in total. The zero-order chi connectivity index (χ0) is 25.7. The van der Waals surface area contributed by atoms with Crippen molar-refractivity contribution in [2.75, 3.05) is 38.2 Å². The molecule has 2 fully saturated rings. The van der Waals surface area contributed by atoms with Gasteiger partial charge in [0.1, 0.15) is 28.9 Å². The first kappa shape index (κ1) is 24.2. The van der Waals surface area contributed by atoms with Crippen LogP contribution in [0.25, 0.3) is 10.9 Å². The van der Waals surface area contributed by atoms with E-state index in [4.69, 9.17) is 27.1 Å². The van der Waals surface area contributed by atoms with E-state index in [0.717, 1.165) is 55.5 Å². The molecule has 1 saturated carbocycles. The molecule has 6 rings (SSSR count). The fourth-order valence-electron chi connectivity index (χ4n) is 5.40. The molecule has 1 saturated heterocycles. The molecule has 2 aromatic carbocycles. The first-order valence-corrected chi connectivity index (χ1v) is 13.3. The molecule has 3 aliphatic rings. The van der Waals surface area contributed by atoms with Crippen LogP contribution in [-0.2, 0) is 6.54 Å². The maximum Gasteiger partial charge on any atom is 0.254 e. The molecule has 9 heteroatoms. The Morgan fingerprint density at radius 2 is 2.08 bits per heavy atom. The zero-order valence-corrected chi connectivity index (χ0v) is 21.7. The Bertz CT molecular complexity index is 1400. The van der Waals surface area contributed by atoms with E-state index in [1.807, 2.05) is 30.1 Å². The number of fused-ring (bicyclic) bond motifs is 2. The van der Waals surface area contributed by atoms with Crippen LogP contribution in [0.15, 0.2) is 35.3 Å². The molecular weight excluding hydrogens is 493 g/mol. The Hall–Kier alpha value is -3.10. The van der Waals surface area contributed by atoms with Gasteiger partial charge < -0.3 is 24.8 Å². The van der Waals surface area contributed by atoms with Gasteiger partial charge in [0, 0.05) is 43.7 Å². The highest BCUT2D eigenvalue weighted by atomic mass is 35.5. The molecule has 2 aliphatic heterocycles. The number of aliphatic imine (C=N–C) groups is 1. The van der Waals surface area contributed by atoms with E-state index < -0.39 is 5.82 Å². The van der Waals surface area contributed by atoms with E-state index in [0.29, 0.717) is 48.1 Å². The predicted molar refractivity (Wildman–Crippen MR) is 145 cm³/mol. The lowest BCUT2D eigenvalue weighted by atomic mass is 10.0. The molecule has 0 radical (unpaired) electrons. The minimum absolute atomic E-state index is 0.000231. The van der Waals surface area contributed by atoms with Gasteiger partial charge >= 0.3 is 0 Å². The van der Waals surface area contributed by atoms with Crippen LogP contribution in [-0.4, -0.2) is 60.9 Å². The number of hydrogen-bond acceptors (Lipinski definition) is 5. The third kappa shape index (κ3) is 4.68. The number of nitrogens with two attached hydrogens (primary N) is 1. The van der Waals surface area contributed by atoms with Crippen LogP contribution < -0.4 is 15.4 Å². The lowest BCUT2D eigenvalue weighted by Gasteiger charge is -2.32. The Morgan fingerprint density at radius 3 is 2.86 bits per heavy atom. The molecule has 1 amide bonds. The monoisotopic (exact) mass is 523 g/mol. The standard InChI is InChI=1S/C28H31ClFN5O2/c1-33-9-10-37-24-13-19(28(36)34-8-2-3-20(31)16-34)12-23(27(24)33)32-14-21-11-18-6-7-22(30)25(29)26(18)35(21)15-17-4-5-17/h6-7,11-14,17,20H,2-5,8-10,15-16,31H2,1H3. The molecule has 1 unspecified atom stereocenters. The van der Waals surface area contributed by atoms with Gasteiger partial charge in [-0.05, 0) is 61.9 Å². The van der Waals surface area contributed by atoms with Crippen molar-refractivity contribution < 1.29 is 13.9 Å². The highest BCUT2D eigenvalue weighted by Crippen LogP contribution is 2.42. The van der Waals surface area contributed by atoms with E-state index in [9.17, 15) is 9.18 Å². The topological polar surface area (TPSA) is 76.1 Å². The quantitative estimate of drug-likeness (QED) is 0.478. The number of piperidine rings is 1. The van der Waals surface area contributed by atoms with Crippen LogP contribution in [0.3, 0.4) is 0 Å². The number of amides is 1. The highest BCUT2D eigenvalue weighted by molar-refractivity contribution is 6.35. The van der Waals surface area contributed by atoms with Gasteiger partial charge in [0.05, 0.1) is 29.7 Å². The number of benzene rings is 2. The van der Waals surface area contributed by atoms with Gasteiger partial charge in [0.25, 0.3) is 5.91 Å². The van der Waals surface area contributed by atoms with E-state index in [1.165, 1.54) is 6.07 Å². The van der Waals surface area contributed by atoms with Gasteiger partial charge in [-0.15, -0.1) is 0 Å². The smallest absolute Gasteiger partial charge is 0.254 e. The summed E-state index contributed by atoms with van der Waals surface area (Å²) >= 11 is 6.40. The maximum atomic E-state index is 14.3. The summed E-state index contributed by atoms with van der Waals surface area (Å²) in [5.74, 6) is 0.726. The number of hydrogen-bond donors (Lipinski definition) is 1. The highest BCUT2D eigenvalue weighted by Gasteiger charge is 2.27. The molecule has 37 heavy (non-hydrogen) atoms. The first-order chi connectivity index (χ1) is 17.9. The lowest BCUT2D eigenvalue weighted by Crippen LogP contribution is -2.45. The number of anilines is 1. The summed E-state index contributed by atoms with van der Waals surface area (Å²) in [5.41, 5.74) is 9.73. The molecule has 1 aliphatic carbocycles. The Balaban J connectivity index is 1.41. The summed E-state index contributed by atoms with van der Waals surface area (Å²) in [7, 11) is 2.00. The van der Waals surface area contributed by atoms with Crippen molar-refractivity contribution in [2.45, 2.75) is 38.3 Å². The number of likely N-dealkylation sites (tertiary alicyclic amines) is 1. The van der Waals surface area contributed by atoms with Crippen LogP contribution >= 0.6 is 11.6 Å². The number of ether oxygens (including phenoxy) is 1. The Kier molecular flexibility index (Phi) is 6.32. The van der Waals surface area contributed by atoms with Gasteiger partial charge in [-0.25, -0.2) is 4.39 Å². The van der Waals surface area contributed by atoms with E-state index in [-0.39, 0.29) is 17.0 Å². The van der Waals surface area contributed by atoms with Crippen molar-refractivity contribution in [1.29, 1.82) is 0 Å². The lowest BCUT2D eigenvalue weighted by molar-refractivity contribution is 0.0708. The average Bonchev–Trinajstić information content (AvgIpc) is 3.64. The minimum atomic E-state index is -0.427. The third-order valence-corrected chi connectivity index (χ3v) is 7.93. The molecule has 0 spiro atoms. The first-order valence-electron chi connectivity index (χ1n) is 13.0. The Morgan fingerprint density at radius 1 is 1.24 bits per heavy atom. The number of carbonyl (C=O) groups excluding carboxylic acids is 1. The second kappa shape index (κ2) is 9.65. The maximum absolute atomic E-state index is 14.3. The third-order valence-electron chi connectivity index (χ3n) is 7.57. The van der Waals surface area contributed by atoms with E-state index in [1.54, 1.807) is 12.3 Å². The number of likely N-dealkylation sites (N-methyl/N-ethyl adjacent to an activating group) is 1. The fraction of sp³-hybridized carbons (Fsp3) is 0.429. The second-order valence-electron chi connectivity index (χ2n) is 10.4. The van der Waals surface area contributed by atoms with Gasteiger partial charge in [0.15, 0.2) is 0 Å². The van der Waals surface area contributed by atoms with E-state index >= 15 is 0 Å². The number of aromatic nitrogens is 1. The van der Waals surface area contributed by atoms with Crippen LogP contribution in [0, 0.1) is 11.7 Å². The molecular formula is C28H31ClFN5O2. The molecule has 194 valence electrons. The van der Waals surface area contributed by atoms with Crippen molar-refractivity contribution in [3.05, 3.63) is 52.4 Å². The number of rotatable bonds is 5. The van der Waals surface area contributed by atoms with Gasteiger partial charge in [-0.2, -0.15) is 0 Å². The Labute approximate surface area is 220 Å². The van der Waals surface area contributed by atoms with Crippen molar-refractivity contribution in [1.82, 2.24) is 9.47 Å². The van der Waals surface area contributed by atoms with Crippen LogP contribution in [0.4, 0.5) is 15.8 Å². The van der Waals surface area contributed by atoms with Crippen LogP contribution in [0.1, 0.15) is 41.7 Å². The summed E-state index contributed by atoms with van der Waals surface area (Å²) in [6, 6.07) is 8.80.